The minimum absolute atomic E-state index is 0.571. The van der Waals surface area contributed by atoms with Crippen LogP contribution in [0.25, 0.3) is 0 Å². The normalized spacial score (nSPS) is 24.0. The number of hydrogen-bond acceptors (Lipinski definition) is 2. The summed E-state index contributed by atoms with van der Waals surface area (Å²) in [5.74, 6) is 1.81. The van der Waals surface area contributed by atoms with E-state index in [1.54, 1.807) is 0 Å². The Hall–Kier alpha value is -0.240. The van der Waals surface area contributed by atoms with Gasteiger partial charge in [-0.1, -0.05) is 26.8 Å². The highest BCUT2D eigenvalue weighted by Gasteiger charge is 2.13. The number of rotatable bonds is 3. The van der Waals surface area contributed by atoms with Crippen LogP contribution in [0.2, 0.25) is 0 Å². The smallest absolute Gasteiger partial charge is 0.0905 e. The van der Waals surface area contributed by atoms with E-state index >= 15 is 0 Å². The first-order valence-electron chi connectivity index (χ1n) is 4.61. The van der Waals surface area contributed by atoms with E-state index in [9.17, 15) is 0 Å². The fraction of sp³-hybridized carbons (Fsp3) is 0.700. The Morgan fingerprint density at radius 1 is 1.67 bits per heavy atom. The van der Waals surface area contributed by atoms with Crippen molar-refractivity contribution in [2.75, 3.05) is 5.75 Å². The van der Waals surface area contributed by atoms with Gasteiger partial charge in [-0.15, -0.1) is 11.8 Å². The largest absolute Gasteiger partial charge is 0.274 e. The monoisotopic (exact) mass is 183 g/mol. The summed E-state index contributed by atoms with van der Waals surface area (Å²) in [6.45, 7) is 6.58. The van der Waals surface area contributed by atoms with Gasteiger partial charge in [0.2, 0.25) is 0 Å². The summed E-state index contributed by atoms with van der Waals surface area (Å²) < 4.78 is 0. The highest BCUT2D eigenvalue weighted by atomic mass is 32.2. The lowest BCUT2D eigenvalue weighted by Gasteiger charge is -1.96. The Kier molecular flexibility index (Phi) is 3.86. The molecule has 1 aliphatic heterocycles. The molecule has 0 radical (unpaired) electrons. The van der Waals surface area contributed by atoms with Crippen molar-refractivity contribution in [3.8, 4) is 0 Å². The molecule has 0 aromatic carbocycles. The number of aliphatic imine (C=N–C) groups is 1. The third-order valence-corrected chi connectivity index (χ3v) is 2.92. The zero-order chi connectivity index (χ0) is 8.97. The molecule has 2 heteroatoms. The molecule has 1 nitrogen and oxygen atoms in total. The summed E-state index contributed by atoms with van der Waals surface area (Å²) in [7, 11) is 0. The molecule has 0 spiro atoms. The Bertz CT molecular complexity index is 194. The molecule has 0 amide bonds. The molecule has 0 N–H and O–H groups in total. The van der Waals surface area contributed by atoms with E-state index in [1.165, 1.54) is 17.2 Å². The highest BCUT2D eigenvalue weighted by Crippen LogP contribution is 2.20. The van der Waals surface area contributed by atoms with Crippen molar-refractivity contribution in [3.05, 3.63) is 12.2 Å². The molecule has 1 atom stereocenters. The van der Waals surface area contributed by atoms with Crippen molar-refractivity contribution in [1.29, 1.82) is 0 Å². The van der Waals surface area contributed by atoms with E-state index in [2.05, 4.69) is 37.9 Å². The second-order valence-corrected chi connectivity index (χ2v) is 4.48. The predicted molar refractivity (Wildman–Crippen MR) is 58.0 cm³/mol. The molecule has 0 fully saturated rings. The van der Waals surface area contributed by atoms with Gasteiger partial charge in [0.1, 0.15) is 0 Å². The molecule has 1 heterocycles. The van der Waals surface area contributed by atoms with Crippen LogP contribution in [0.1, 0.15) is 27.2 Å². The lowest BCUT2D eigenvalue weighted by Crippen LogP contribution is -1.99. The van der Waals surface area contributed by atoms with Gasteiger partial charge in [-0.25, -0.2) is 0 Å². The second-order valence-electron chi connectivity index (χ2n) is 3.44. The Balaban J connectivity index is 2.44. The first-order chi connectivity index (χ1) is 5.72. The summed E-state index contributed by atoms with van der Waals surface area (Å²) >= 11 is 1.88. The van der Waals surface area contributed by atoms with Crippen molar-refractivity contribution in [2.24, 2.45) is 10.9 Å². The third kappa shape index (κ3) is 3.02. The van der Waals surface area contributed by atoms with Crippen LogP contribution >= 0.6 is 11.8 Å². The zero-order valence-corrected chi connectivity index (χ0v) is 8.90. The third-order valence-electron chi connectivity index (χ3n) is 1.83. The summed E-state index contributed by atoms with van der Waals surface area (Å²) in [5, 5.41) is 1.22. The van der Waals surface area contributed by atoms with E-state index in [4.69, 9.17) is 0 Å². The fourth-order valence-corrected chi connectivity index (χ4v) is 2.08. The van der Waals surface area contributed by atoms with Gasteiger partial charge in [0, 0.05) is 5.75 Å². The van der Waals surface area contributed by atoms with Crippen LogP contribution in [0.5, 0.6) is 0 Å². The Morgan fingerprint density at radius 3 is 2.92 bits per heavy atom. The summed E-state index contributed by atoms with van der Waals surface area (Å²) in [6, 6.07) is 0.571. The molecule has 0 aromatic rings. The number of allylic oxidation sites excluding steroid dienone is 1. The van der Waals surface area contributed by atoms with E-state index in [-0.39, 0.29) is 0 Å². The first-order valence-corrected chi connectivity index (χ1v) is 5.59. The van der Waals surface area contributed by atoms with E-state index < -0.39 is 0 Å². The van der Waals surface area contributed by atoms with Gasteiger partial charge in [-0.2, -0.15) is 0 Å². The van der Waals surface area contributed by atoms with Gasteiger partial charge >= 0.3 is 0 Å². The van der Waals surface area contributed by atoms with Gasteiger partial charge in [-0.3, -0.25) is 4.99 Å². The molecule has 0 unspecified atom stereocenters. The number of nitrogens with zero attached hydrogens (tertiary/aromatic N) is 1. The van der Waals surface area contributed by atoms with Gasteiger partial charge in [0.25, 0.3) is 0 Å². The number of hydrogen-bond donors (Lipinski definition) is 0. The van der Waals surface area contributed by atoms with Crippen LogP contribution < -0.4 is 0 Å². The summed E-state index contributed by atoms with van der Waals surface area (Å²) in [5.41, 5.74) is 0. The lowest BCUT2D eigenvalue weighted by molar-refractivity contribution is 0.738. The summed E-state index contributed by atoms with van der Waals surface area (Å²) in [6.07, 6.45) is 5.54. The Labute approximate surface area is 79.3 Å². The standard InChI is InChI=1S/C10H17NS/c1-4-9-7-12-10(11-9)6-5-8(2)3/h5-6,8-9H,4,7H2,1-3H3/b6-5+/t9-/m0/s1. The van der Waals surface area contributed by atoms with E-state index in [0.717, 1.165) is 0 Å². The zero-order valence-electron chi connectivity index (χ0n) is 8.08. The van der Waals surface area contributed by atoms with Crippen molar-refractivity contribution in [2.45, 2.75) is 33.2 Å². The molecular weight excluding hydrogens is 166 g/mol. The van der Waals surface area contributed by atoms with Crippen molar-refractivity contribution in [3.63, 3.8) is 0 Å². The molecule has 0 saturated carbocycles. The van der Waals surface area contributed by atoms with Gasteiger partial charge in [-0.05, 0) is 18.4 Å². The lowest BCUT2D eigenvalue weighted by atomic mass is 10.2. The highest BCUT2D eigenvalue weighted by molar-refractivity contribution is 8.14. The molecule has 1 rings (SSSR count). The number of thioether (sulfide) groups is 1. The van der Waals surface area contributed by atoms with Gasteiger partial charge in [0.15, 0.2) is 0 Å². The van der Waals surface area contributed by atoms with Crippen molar-refractivity contribution in [1.82, 2.24) is 0 Å². The molecule has 12 heavy (non-hydrogen) atoms. The molecule has 68 valence electrons. The molecule has 0 aromatic heterocycles. The summed E-state index contributed by atoms with van der Waals surface area (Å²) in [4.78, 5) is 4.57. The maximum atomic E-state index is 4.57. The van der Waals surface area contributed by atoms with Crippen LogP contribution in [0.4, 0.5) is 0 Å². The second kappa shape index (κ2) is 4.70. The van der Waals surface area contributed by atoms with Crippen LogP contribution in [0.15, 0.2) is 17.1 Å². The van der Waals surface area contributed by atoms with Gasteiger partial charge in [0.05, 0.1) is 11.1 Å². The SMILES string of the molecule is CC[C@H]1CSC(/C=C/C(C)C)=N1. The Morgan fingerprint density at radius 2 is 2.42 bits per heavy atom. The van der Waals surface area contributed by atoms with Crippen LogP contribution in [-0.4, -0.2) is 16.8 Å². The topological polar surface area (TPSA) is 12.4 Å². The molecule has 0 aliphatic carbocycles. The average Bonchev–Trinajstić information content (AvgIpc) is 2.48. The first kappa shape index (κ1) is 9.85. The quantitative estimate of drug-likeness (QED) is 0.655. The molecule has 0 saturated heterocycles. The van der Waals surface area contributed by atoms with E-state index in [0.29, 0.717) is 12.0 Å². The minimum atomic E-state index is 0.571. The van der Waals surface area contributed by atoms with Crippen LogP contribution in [0, 0.1) is 5.92 Å². The molecule has 1 aliphatic rings. The van der Waals surface area contributed by atoms with Crippen molar-refractivity contribution >= 4 is 16.8 Å². The van der Waals surface area contributed by atoms with Gasteiger partial charge < -0.3 is 0 Å². The maximum Gasteiger partial charge on any atom is 0.0905 e. The predicted octanol–water partition coefficient (Wildman–Crippen LogP) is 3.12. The fourth-order valence-electron chi connectivity index (χ4n) is 1.01. The average molecular weight is 183 g/mol. The van der Waals surface area contributed by atoms with Crippen LogP contribution in [-0.2, 0) is 0 Å². The van der Waals surface area contributed by atoms with E-state index in [1.807, 2.05) is 11.8 Å². The van der Waals surface area contributed by atoms with Crippen molar-refractivity contribution < 1.29 is 0 Å². The van der Waals surface area contributed by atoms with Crippen LogP contribution in [0.3, 0.4) is 0 Å². The maximum absolute atomic E-state index is 4.57. The minimum Gasteiger partial charge on any atom is -0.274 e. The molecular formula is C10H17NS. The molecule has 0 bridgehead atoms.